The van der Waals surface area contributed by atoms with Gasteiger partial charge in [0.2, 0.25) is 21.8 Å². The third kappa shape index (κ3) is 4.77. The summed E-state index contributed by atoms with van der Waals surface area (Å²) < 4.78 is 26.8. The minimum atomic E-state index is -3.87. The van der Waals surface area contributed by atoms with E-state index in [0.29, 0.717) is 41.2 Å². The van der Waals surface area contributed by atoms with Crippen LogP contribution in [0.3, 0.4) is 0 Å². The van der Waals surface area contributed by atoms with Crippen molar-refractivity contribution in [2.75, 3.05) is 24.2 Å². The fourth-order valence-electron chi connectivity index (χ4n) is 3.11. The van der Waals surface area contributed by atoms with Gasteiger partial charge in [0.05, 0.1) is 11.4 Å². The first-order valence-electron chi connectivity index (χ1n) is 9.12. The highest BCUT2D eigenvalue weighted by Crippen LogP contribution is 2.27. The van der Waals surface area contributed by atoms with Crippen molar-refractivity contribution in [3.63, 3.8) is 0 Å². The first kappa shape index (κ1) is 21.3. The summed E-state index contributed by atoms with van der Waals surface area (Å²) in [5.74, 6) is -0.548. The smallest absolute Gasteiger partial charge is 0.243 e. The number of nitrogens with zero attached hydrogens (tertiary/aromatic N) is 1. The maximum atomic E-state index is 12.9. The van der Waals surface area contributed by atoms with Crippen molar-refractivity contribution >= 4 is 44.8 Å². The van der Waals surface area contributed by atoms with E-state index in [1.165, 1.54) is 13.1 Å². The van der Waals surface area contributed by atoms with Crippen LogP contribution in [0.1, 0.15) is 24.0 Å². The molecule has 0 unspecified atom stereocenters. The molecule has 0 bridgehead atoms. The normalized spacial score (nSPS) is 14.1. The van der Waals surface area contributed by atoms with Crippen LogP contribution in [-0.2, 0) is 26.0 Å². The van der Waals surface area contributed by atoms with E-state index in [4.69, 9.17) is 11.6 Å². The second-order valence-corrected chi connectivity index (χ2v) is 9.39. The molecule has 2 amide bonds. The number of carbonyl (C=O) groups is 2. The van der Waals surface area contributed by atoms with Crippen molar-refractivity contribution in [3.8, 4) is 0 Å². The lowest BCUT2D eigenvalue weighted by Crippen LogP contribution is -2.35. The van der Waals surface area contributed by atoms with Crippen LogP contribution in [0.4, 0.5) is 11.4 Å². The Hall–Kier alpha value is -2.42. The summed E-state index contributed by atoms with van der Waals surface area (Å²) in [6.45, 7) is 1.43. The molecule has 1 heterocycles. The van der Waals surface area contributed by atoms with Gasteiger partial charge in [-0.2, -0.15) is 4.31 Å². The Bertz CT molecular complexity index is 1070. The molecule has 2 aromatic carbocycles. The summed E-state index contributed by atoms with van der Waals surface area (Å²) in [4.78, 5) is 24.1. The number of halogens is 1. The molecule has 7 nitrogen and oxygen atoms in total. The van der Waals surface area contributed by atoms with Crippen LogP contribution in [0.2, 0.25) is 5.02 Å². The van der Waals surface area contributed by atoms with Gasteiger partial charge in [0.1, 0.15) is 0 Å². The first-order valence-corrected chi connectivity index (χ1v) is 10.9. The Morgan fingerprint density at radius 2 is 2.00 bits per heavy atom. The van der Waals surface area contributed by atoms with E-state index in [9.17, 15) is 18.0 Å². The number of anilines is 2. The van der Waals surface area contributed by atoms with E-state index in [1.54, 1.807) is 37.3 Å². The lowest BCUT2D eigenvalue weighted by Gasteiger charge is -2.18. The number of sulfonamides is 1. The number of rotatable bonds is 5. The van der Waals surface area contributed by atoms with Gasteiger partial charge in [0.25, 0.3) is 0 Å². The summed E-state index contributed by atoms with van der Waals surface area (Å²) in [6.07, 6.45) is 1.66. The summed E-state index contributed by atoms with van der Waals surface area (Å²) in [7, 11) is -2.52. The number of fused-ring (bicyclic) bond motifs is 1. The topological polar surface area (TPSA) is 95.6 Å². The van der Waals surface area contributed by atoms with Crippen molar-refractivity contribution < 1.29 is 18.0 Å². The minimum Gasteiger partial charge on any atom is -0.326 e. The maximum absolute atomic E-state index is 12.9. The van der Waals surface area contributed by atoms with E-state index in [2.05, 4.69) is 10.6 Å². The van der Waals surface area contributed by atoms with E-state index in [0.717, 1.165) is 9.87 Å². The molecule has 1 aliphatic rings. The van der Waals surface area contributed by atoms with Crippen molar-refractivity contribution in [2.45, 2.75) is 31.1 Å². The zero-order valence-corrected chi connectivity index (χ0v) is 17.7. The number of hydrogen-bond acceptors (Lipinski definition) is 4. The molecule has 29 heavy (non-hydrogen) atoms. The molecule has 0 aliphatic carbocycles. The van der Waals surface area contributed by atoms with Gasteiger partial charge in [-0.15, -0.1) is 0 Å². The van der Waals surface area contributed by atoms with Gasteiger partial charge in [0, 0.05) is 29.9 Å². The van der Waals surface area contributed by atoms with E-state index in [1.807, 2.05) is 0 Å². The molecule has 9 heteroatoms. The van der Waals surface area contributed by atoms with Gasteiger partial charge in [-0.25, -0.2) is 8.42 Å². The minimum absolute atomic E-state index is 0.0792. The Kier molecular flexibility index (Phi) is 6.26. The second-order valence-electron chi connectivity index (χ2n) is 6.94. The summed E-state index contributed by atoms with van der Waals surface area (Å²) >= 11 is 6.05. The van der Waals surface area contributed by atoms with Crippen LogP contribution in [0.15, 0.2) is 41.3 Å². The number of benzene rings is 2. The third-order valence-electron chi connectivity index (χ3n) is 4.82. The van der Waals surface area contributed by atoms with Gasteiger partial charge in [-0.1, -0.05) is 17.7 Å². The maximum Gasteiger partial charge on any atom is 0.243 e. The largest absolute Gasteiger partial charge is 0.326 e. The average Bonchev–Trinajstić information content (AvgIpc) is 2.85. The van der Waals surface area contributed by atoms with E-state index < -0.39 is 15.9 Å². The zero-order valence-electron chi connectivity index (χ0n) is 16.2. The van der Waals surface area contributed by atoms with Crippen LogP contribution < -0.4 is 10.6 Å². The first-order chi connectivity index (χ1) is 13.7. The lowest BCUT2D eigenvalue weighted by atomic mass is 10.1. The number of hydrogen-bond donors (Lipinski definition) is 2. The summed E-state index contributed by atoms with van der Waals surface area (Å²) in [6, 6.07) is 9.72. The summed E-state index contributed by atoms with van der Waals surface area (Å²) in [5, 5.41) is 5.98. The standard InChI is InChI=1S/C20H22ClN3O4S/c1-13-16(21)6-4-7-17(13)22-20(26)12-24(2)29(27,28)15-9-10-18-14(11-15)5-3-8-19(25)23-18/h4,6-7,9-11H,3,5,8,12H2,1-2H3,(H,22,26)(H,23,25). The SMILES string of the molecule is Cc1c(Cl)cccc1NC(=O)CN(C)S(=O)(=O)c1ccc2c(c1)CCCC(=O)N2. The predicted molar refractivity (Wildman–Crippen MR) is 113 cm³/mol. The number of likely N-dealkylation sites (N-methyl/N-ethyl adjacent to an activating group) is 1. The highest BCUT2D eigenvalue weighted by atomic mass is 35.5. The van der Waals surface area contributed by atoms with Gasteiger partial charge in [0.15, 0.2) is 0 Å². The molecular formula is C20H22ClN3O4S. The van der Waals surface area contributed by atoms with Crippen LogP contribution in [0, 0.1) is 6.92 Å². The number of amides is 2. The highest BCUT2D eigenvalue weighted by Gasteiger charge is 2.25. The Morgan fingerprint density at radius 1 is 1.24 bits per heavy atom. The van der Waals surface area contributed by atoms with Crippen LogP contribution in [0.5, 0.6) is 0 Å². The number of aryl methyl sites for hydroxylation is 1. The molecule has 0 fully saturated rings. The fourth-order valence-corrected chi connectivity index (χ4v) is 4.46. The Labute approximate surface area is 175 Å². The second kappa shape index (κ2) is 8.52. The molecule has 3 rings (SSSR count). The van der Waals surface area contributed by atoms with Crippen molar-refractivity contribution in [1.29, 1.82) is 0 Å². The number of nitrogens with one attached hydrogen (secondary N) is 2. The fraction of sp³-hybridized carbons (Fsp3) is 0.300. The van der Waals surface area contributed by atoms with Gasteiger partial charge < -0.3 is 10.6 Å². The quantitative estimate of drug-likeness (QED) is 0.753. The van der Waals surface area contributed by atoms with E-state index in [-0.39, 0.29) is 17.3 Å². The molecule has 0 atom stereocenters. The third-order valence-corrected chi connectivity index (χ3v) is 7.03. The highest BCUT2D eigenvalue weighted by molar-refractivity contribution is 7.89. The molecule has 0 saturated carbocycles. The van der Waals surface area contributed by atoms with Gasteiger partial charge in [-0.05, 0) is 61.2 Å². The molecule has 0 saturated heterocycles. The van der Waals surface area contributed by atoms with Crippen LogP contribution in [0.25, 0.3) is 0 Å². The molecule has 1 aliphatic heterocycles. The van der Waals surface area contributed by atoms with Crippen LogP contribution in [-0.4, -0.2) is 38.1 Å². The average molecular weight is 436 g/mol. The van der Waals surface area contributed by atoms with Gasteiger partial charge >= 0.3 is 0 Å². The van der Waals surface area contributed by atoms with Gasteiger partial charge in [-0.3, -0.25) is 9.59 Å². The molecular weight excluding hydrogens is 414 g/mol. The van der Waals surface area contributed by atoms with Crippen LogP contribution >= 0.6 is 11.6 Å². The van der Waals surface area contributed by atoms with Crippen molar-refractivity contribution in [1.82, 2.24) is 4.31 Å². The molecule has 154 valence electrons. The molecule has 0 aromatic heterocycles. The lowest BCUT2D eigenvalue weighted by molar-refractivity contribution is -0.117. The van der Waals surface area contributed by atoms with Crippen molar-refractivity contribution in [3.05, 3.63) is 52.5 Å². The van der Waals surface area contributed by atoms with E-state index >= 15 is 0 Å². The summed E-state index contributed by atoms with van der Waals surface area (Å²) in [5.41, 5.74) is 2.64. The molecule has 0 spiro atoms. The zero-order chi connectivity index (χ0) is 21.2. The monoisotopic (exact) mass is 435 g/mol. The molecule has 0 radical (unpaired) electrons. The molecule has 2 N–H and O–H groups in total. The van der Waals surface area contributed by atoms with Crippen molar-refractivity contribution in [2.24, 2.45) is 0 Å². The predicted octanol–water partition coefficient (Wildman–Crippen LogP) is 3.18. The number of carbonyl (C=O) groups excluding carboxylic acids is 2. The Balaban J connectivity index is 1.75. The Morgan fingerprint density at radius 3 is 2.76 bits per heavy atom. The molecule has 2 aromatic rings.